The van der Waals surface area contributed by atoms with Crippen LogP contribution in [0, 0.1) is 6.92 Å². The minimum absolute atomic E-state index is 0.253. The van der Waals surface area contributed by atoms with Crippen molar-refractivity contribution in [2.45, 2.75) is 20.0 Å². The van der Waals surface area contributed by atoms with Crippen LogP contribution in [0.3, 0.4) is 0 Å². The molecule has 4 rings (SSSR count). The van der Waals surface area contributed by atoms with Crippen LogP contribution in [0.5, 0.6) is 0 Å². The van der Waals surface area contributed by atoms with E-state index in [1.807, 2.05) is 47.8 Å². The molecule has 6 nitrogen and oxygen atoms in total. The molecule has 0 saturated heterocycles. The highest BCUT2D eigenvalue weighted by Crippen LogP contribution is 2.32. The highest BCUT2D eigenvalue weighted by Gasteiger charge is 2.23. The fourth-order valence-corrected chi connectivity index (χ4v) is 4.20. The van der Waals surface area contributed by atoms with Crippen LogP contribution < -0.4 is 0 Å². The summed E-state index contributed by atoms with van der Waals surface area (Å²) in [5.74, 6) is 0.199. The van der Waals surface area contributed by atoms with E-state index < -0.39 is 12.1 Å². The number of aromatic nitrogens is 3. The summed E-state index contributed by atoms with van der Waals surface area (Å²) in [6, 6.07) is 13.4. The molecule has 136 valence electrons. The van der Waals surface area contributed by atoms with Gasteiger partial charge in [-0.05, 0) is 37.4 Å². The van der Waals surface area contributed by atoms with E-state index in [1.54, 1.807) is 25.2 Å². The lowest BCUT2D eigenvalue weighted by Gasteiger charge is -2.08. The molecule has 0 aliphatic carbocycles. The Morgan fingerprint density at radius 1 is 1.15 bits per heavy atom. The van der Waals surface area contributed by atoms with Crippen LogP contribution in [-0.4, -0.2) is 21.2 Å². The van der Waals surface area contributed by atoms with Gasteiger partial charge in [0, 0.05) is 5.56 Å². The second-order valence-corrected chi connectivity index (χ2v) is 7.72. The van der Waals surface area contributed by atoms with Gasteiger partial charge in [0.15, 0.2) is 6.10 Å². The zero-order chi connectivity index (χ0) is 18.8. The van der Waals surface area contributed by atoms with Gasteiger partial charge in [0.25, 0.3) is 5.89 Å². The normalized spacial score (nSPS) is 12.1. The molecule has 0 spiro atoms. The van der Waals surface area contributed by atoms with Crippen LogP contribution in [0.2, 0.25) is 0 Å². The van der Waals surface area contributed by atoms with Crippen molar-refractivity contribution in [2.75, 3.05) is 0 Å². The first-order chi connectivity index (χ1) is 13.1. The number of thiazole rings is 1. The molecule has 27 heavy (non-hydrogen) atoms. The summed E-state index contributed by atoms with van der Waals surface area (Å²) in [5.41, 5.74) is 1.46. The van der Waals surface area contributed by atoms with Crippen molar-refractivity contribution in [3.63, 3.8) is 0 Å². The van der Waals surface area contributed by atoms with Crippen molar-refractivity contribution in [1.29, 1.82) is 0 Å². The first-order valence-corrected chi connectivity index (χ1v) is 9.92. The molecule has 4 aromatic rings. The van der Waals surface area contributed by atoms with Gasteiger partial charge in [0.2, 0.25) is 5.89 Å². The summed E-state index contributed by atoms with van der Waals surface area (Å²) >= 11 is 2.91. The highest BCUT2D eigenvalue weighted by molar-refractivity contribution is 7.22. The molecule has 0 aliphatic rings. The van der Waals surface area contributed by atoms with E-state index in [2.05, 4.69) is 15.2 Å². The maximum atomic E-state index is 12.6. The Balaban J connectivity index is 1.49. The standard InChI is InChI=1S/C19H15N3O3S2/c1-11-15(27-18(20-11)14-9-6-10-26-14)19(23)24-12(2)16-21-22-17(25-16)13-7-4-3-5-8-13/h3-10,12H,1-2H3/t12-/m1/s1. The molecule has 0 aliphatic heterocycles. The van der Waals surface area contributed by atoms with Crippen LogP contribution in [0.4, 0.5) is 0 Å². The third-order valence-electron chi connectivity index (χ3n) is 3.81. The molecular formula is C19H15N3O3S2. The van der Waals surface area contributed by atoms with Crippen molar-refractivity contribution >= 4 is 28.6 Å². The summed E-state index contributed by atoms with van der Waals surface area (Å²) < 4.78 is 11.2. The maximum Gasteiger partial charge on any atom is 0.351 e. The second-order valence-electron chi connectivity index (χ2n) is 5.77. The molecule has 3 aromatic heterocycles. The minimum atomic E-state index is -0.658. The number of carbonyl (C=O) groups excluding carboxylic acids is 1. The molecule has 0 bridgehead atoms. The van der Waals surface area contributed by atoms with Crippen molar-refractivity contribution < 1.29 is 13.9 Å². The third-order valence-corrected chi connectivity index (χ3v) is 5.98. The molecule has 1 aromatic carbocycles. The molecule has 1 atom stereocenters. The zero-order valence-corrected chi connectivity index (χ0v) is 16.2. The SMILES string of the molecule is Cc1nc(-c2cccs2)sc1C(=O)O[C@H](C)c1nnc(-c2ccccc2)o1. The molecule has 3 heterocycles. The Kier molecular flexibility index (Phi) is 4.83. The van der Waals surface area contributed by atoms with Crippen LogP contribution in [0.15, 0.2) is 52.3 Å². The molecule has 0 amide bonds. The topological polar surface area (TPSA) is 78.1 Å². The molecule has 8 heteroatoms. The average Bonchev–Trinajstić information content (AvgIpc) is 3.42. The van der Waals surface area contributed by atoms with Gasteiger partial charge < -0.3 is 9.15 Å². The van der Waals surface area contributed by atoms with E-state index in [4.69, 9.17) is 9.15 Å². The smallest absolute Gasteiger partial charge is 0.351 e. The van der Waals surface area contributed by atoms with Gasteiger partial charge >= 0.3 is 5.97 Å². The number of aryl methyl sites for hydroxylation is 1. The first kappa shape index (κ1) is 17.6. The molecule has 0 N–H and O–H groups in total. The highest BCUT2D eigenvalue weighted by atomic mass is 32.1. The second kappa shape index (κ2) is 7.42. The van der Waals surface area contributed by atoms with E-state index in [1.165, 1.54) is 11.3 Å². The summed E-state index contributed by atoms with van der Waals surface area (Å²) in [6.45, 7) is 3.51. The van der Waals surface area contributed by atoms with Crippen LogP contribution >= 0.6 is 22.7 Å². The van der Waals surface area contributed by atoms with Crippen LogP contribution in [0.1, 0.15) is 34.3 Å². The maximum absolute atomic E-state index is 12.6. The monoisotopic (exact) mass is 397 g/mol. The van der Waals surface area contributed by atoms with E-state index in [-0.39, 0.29) is 5.89 Å². The van der Waals surface area contributed by atoms with Crippen LogP contribution in [0.25, 0.3) is 21.3 Å². The predicted octanol–water partition coefficient (Wildman–Crippen LogP) is 5.15. The average molecular weight is 397 g/mol. The molecule has 0 saturated carbocycles. The number of benzene rings is 1. The van der Waals surface area contributed by atoms with Crippen molar-refractivity contribution in [1.82, 2.24) is 15.2 Å². The van der Waals surface area contributed by atoms with E-state index >= 15 is 0 Å². The molecule has 0 unspecified atom stereocenters. The predicted molar refractivity (Wildman–Crippen MR) is 104 cm³/mol. The number of carbonyl (C=O) groups is 1. The number of thiophene rings is 1. The molecule has 0 fully saturated rings. The van der Waals surface area contributed by atoms with Crippen molar-refractivity contribution in [3.8, 4) is 21.3 Å². The van der Waals surface area contributed by atoms with E-state index in [9.17, 15) is 4.79 Å². The number of hydrogen-bond acceptors (Lipinski definition) is 8. The van der Waals surface area contributed by atoms with E-state index in [0.29, 0.717) is 16.5 Å². The Bertz CT molecular complexity index is 1060. The lowest BCUT2D eigenvalue weighted by atomic mass is 10.2. The number of nitrogens with zero attached hydrogens (tertiary/aromatic N) is 3. The number of ether oxygens (including phenoxy) is 1. The van der Waals surface area contributed by atoms with Crippen molar-refractivity contribution in [3.05, 3.63) is 64.3 Å². The number of esters is 1. The van der Waals surface area contributed by atoms with Gasteiger partial charge in [-0.25, -0.2) is 9.78 Å². The first-order valence-electron chi connectivity index (χ1n) is 8.23. The number of hydrogen-bond donors (Lipinski definition) is 0. The summed E-state index contributed by atoms with van der Waals surface area (Å²) in [6.07, 6.45) is -0.658. The lowest BCUT2D eigenvalue weighted by Crippen LogP contribution is -2.09. The summed E-state index contributed by atoms with van der Waals surface area (Å²) in [5, 5.41) is 10.8. The van der Waals surface area contributed by atoms with Gasteiger partial charge in [-0.15, -0.1) is 32.9 Å². The Hall–Kier alpha value is -2.84. The minimum Gasteiger partial charge on any atom is -0.448 e. The number of rotatable bonds is 5. The van der Waals surface area contributed by atoms with E-state index in [0.717, 1.165) is 15.4 Å². The van der Waals surface area contributed by atoms with Gasteiger partial charge in [0.1, 0.15) is 9.88 Å². The molecule has 0 radical (unpaired) electrons. The fraction of sp³-hybridized carbons (Fsp3) is 0.158. The Labute approximate surface area is 163 Å². The quantitative estimate of drug-likeness (QED) is 0.434. The van der Waals surface area contributed by atoms with Gasteiger partial charge in [-0.3, -0.25) is 0 Å². The summed E-state index contributed by atoms with van der Waals surface area (Å²) in [4.78, 5) is 18.6. The molecular weight excluding hydrogens is 382 g/mol. The lowest BCUT2D eigenvalue weighted by molar-refractivity contribution is 0.0284. The Morgan fingerprint density at radius 3 is 2.70 bits per heavy atom. The van der Waals surface area contributed by atoms with Gasteiger partial charge in [0.05, 0.1) is 10.6 Å². The Morgan fingerprint density at radius 2 is 1.96 bits per heavy atom. The summed E-state index contributed by atoms with van der Waals surface area (Å²) in [7, 11) is 0. The largest absolute Gasteiger partial charge is 0.448 e. The zero-order valence-electron chi connectivity index (χ0n) is 14.6. The van der Waals surface area contributed by atoms with Gasteiger partial charge in [-0.2, -0.15) is 0 Å². The van der Waals surface area contributed by atoms with Crippen molar-refractivity contribution in [2.24, 2.45) is 0 Å². The third kappa shape index (κ3) is 3.67. The van der Waals surface area contributed by atoms with Gasteiger partial charge in [-0.1, -0.05) is 24.3 Å². The van der Waals surface area contributed by atoms with Crippen LogP contribution in [-0.2, 0) is 4.74 Å². The fourth-order valence-electron chi connectivity index (χ4n) is 2.45.